The molecule has 1 rings (SSSR count). The lowest BCUT2D eigenvalue weighted by atomic mass is 10.2. The lowest BCUT2D eigenvalue weighted by molar-refractivity contribution is -0.140. The Bertz CT molecular complexity index is 885. The van der Waals surface area contributed by atoms with Gasteiger partial charge in [-0.25, -0.2) is 0 Å². The number of likely N-dealkylation sites (tertiary alicyclic amines) is 1. The van der Waals surface area contributed by atoms with Crippen molar-refractivity contribution in [2.75, 3.05) is 46.2 Å². The largest absolute Gasteiger partial charge is 0.368 e. The molecular formula is C28H50N4O9S. The van der Waals surface area contributed by atoms with Crippen LogP contribution >= 0.6 is 11.8 Å². The number of likely N-dealkylation sites (N-methyl/N-ethyl adjacent to an activating group) is 1. The molecule has 0 aromatic heterocycles. The zero-order valence-electron chi connectivity index (χ0n) is 26.5. The topological polar surface area (TPSA) is 168 Å². The van der Waals surface area contributed by atoms with E-state index in [0.717, 1.165) is 16.7 Å². The van der Waals surface area contributed by atoms with Gasteiger partial charge in [0, 0.05) is 39.6 Å². The number of carbonyl (C=O) groups excluding carboxylic acids is 7. The minimum atomic E-state index is -0.939. The number of ether oxygens (including phenoxy) is 2. The first kappa shape index (κ1) is 41.3. The number of nitrogens with zero attached hydrogens (tertiary/aromatic N) is 2. The molecule has 0 aliphatic carbocycles. The van der Waals surface area contributed by atoms with Gasteiger partial charge in [0.15, 0.2) is 0 Å². The number of rotatable bonds is 18. The van der Waals surface area contributed by atoms with E-state index < -0.39 is 35.2 Å². The third-order valence-electron chi connectivity index (χ3n) is 5.66. The van der Waals surface area contributed by atoms with Crippen LogP contribution in [0.5, 0.6) is 0 Å². The summed E-state index contributed by atoms with van der Waals surface area (Å²) in [5, 5.41) is 4.35. The number of ketones is 1. The van der Waals surface area contributed by atoms with Crippen molar-refractivity contribution in [3.63, 3.8) is 0 Å². The molecule has 0 aromatic carbocycles. The van der Waals surface area contributed by atoms with Crippen LogP contribution in [-0.2, 0) is 43.0 Å². The third kappa shape index (κ3) is 16.6. The molecule has 2 N–H and O–H groups in total. The Morgan fingerprint density at radius 1 is 1.05 bits per heavy atom. The monoisotopic (exact) mass is 618 g/mol. The highest BCUT2D eigenvalue weighted by Gasteiger charge is 2.36. The molecule has 5 amide bonds. The molecule has 0 spiro atoms. The molecule has 1 aliphatic heterocycles. The SMILES string of the molecule is CC.CC.CC(=O)CSC(CC(=O)NCCOC(C=O)CC(=O)N(C)C(C)C)C(=O)NCCOC1CC(=O)N(C)C1=O. The predicted octanol–water partition coefficient (Wildman–Crippen LogP) is 0.967. The van der Waals surface area contributed by atoms with Gasteiger partial charge in [-0.3, -0.25) is 33.7 Å². The summed E-state index contributed by atoms with van der Waals surface area (Å²) >= 11 is 1.02. The van der Waals surface area contributed by atoms with Crippen LogP contribution in [0.1, 0.15) is 67.7 Å². The van der Waals surface area contributed by atoms with Crippen LogP contribution in [0.4, 0.5) is 0 Å². The lowest BCUT2D eigenvalue weighted by Crippen LogP contribution is -2.40. The lowest BCUT2D eigenvalue weighted by Gasteiger charge is -2.23. The molecule has 1 heterocycles. The molecule has 3 unspecified atom stereocenters. The van der Waals surface area contributed by atoms with E-state index in [1.54, 1.807) is 7.05 Å². The molecule has 0 saturated carbocycles. The van der Waals surface area contributed by atoms with Crippen molar-refractivity contribution in [2.24, 2.45) is 0 Å². The van der Waals surface area contributed by atoms with Crippen LogP contribution in [0.15, 0.2) is 0 Å². The summed E-state index contributed by atoms with van der Waals surface area (Å²) in [6, 6.07) is -0.0168. The second-order valence-electron chi connectivity index (χ2n) is 9.05. The summed E-state index contributed by atoms with van der Waals surface area (Å²) < 4.78 is 10.8. The number of Topliss-reactive ketones (excluding diaryl/α,β-unsaturated/α-hetero) is 1. The second-order valence-corrected chi connectivity index (χ2v) is 10.2. The minimum absolute atomic E-state index is 0.00966. The Morgan fingerprint density at radius 2 is 1.64 bits per heavy atom. The Morgan fingerprint density at radius 3 is 2.14 bits per heavy atom. The summed E-state index contributed by atoms with van der Waals surface area (Å²) in [5.41, 5.74) is 0. The van der Waals surface area contributed by atoms with Gasteiger partial charge in [0.05, 0.1) is 37.1 Å². The van der Waals surface area contributed by atoms with Crippen LogP contribution in [0.2, 0.25) is 0 Å². The molecule has 3 atom stereocenters. The number of aldehydes is 1. The highest BCUT2D eigenvalue weighted by atomic mass is 32.2. The van der Waals surface area contributed by atoms with Gasteiger partial charge < -0.3 is 29.8 Å². The molecule has 14 heteroatoms. The van der Waals surface area contributed by atoms with Gasteiger partial charge in [-0.1, -0.05) is 27.7 Å². The molecule has 42 heavy (non-hydrogen) atoms. The number of nitrogens with one attached hydrogen (secondary N) is 2. The number of hydrogen-bond acceptors (Lipinski definition) is 10. The smallest absolute Gasteiger partial charge is 0.258 e. The average molecular weight is 619 g/mol. The highest BCUT2D eigenvalue weighted by molar-refractivity contribution is 8.01. The standard InChI is InChI=1S/C24H38N4O9S.2C2H6/c1-15(2)27(4)21(32)10-17(13-29)36-8-6-25-20(31)12-19(38-14-16(3)30)23(34)26-7-9-37-18-11-22(33)28(5)24(18)35;2*1-2/h13,15,17-19H,6-12,14H2,1-5H3,(H,25,31)(H,26,34);2*1-2H3. The second kappa shape index (κ2) is 23.7. The average Bonchev–Trinajstić information content (AvgIpc) is 3.22. The van der Waals surface area contributed by atoms with Crippen molar-refractivity contribution in [1.29, 1.82) is 0 Å². The van der Waals surface area contributed by atoms with Crippen LogP contribution in [0.3, 0.4) is 0 Å². The van der Waals surface area contributed by atoms with E-state index in [1.165, 1.54) is 18.9 Å². The van der Waals surface area contributed by atoms with Gasteiger partial charge in [0.2, 0.25) is 23.6 Å². The zero-order valence-corrected chi connectivity index (χ0v) is 27.3. The molecule has 242 valence electrons. The first-order valence-corrected chi connectivity index (χ1v) is 15.3. The maximum atomic E-state index is 12.6. The van der Waals surface area contributed by atoms with Gasteiger partial charge in [-0.15, -0.1) is 11.8 Å². The van der Waals surface area contributed by atoms with Gasteiger partial charge in [-0.2, -0.15) is 0 Å². The minimum Gasteiger partial charge on any atom is -0.368 e. The number of amides is 5. The summed E-state index contributed by atoms with van der Waals surface area (Å²) in [6.45, 7) is 13.1. The summed E-state index contributed by atoms with van der Waals surface area (Å²) in [5.74, 6) is -2.07. The quantitative estimate of drug-likeness (QED) is 0.128. The van der Waals surface area contributed by atoms with E-state index in [2.05, 4.69) is 10.6 Å². The molecule has 0 radical (unpaired) electrons. The number of thioether (sulfide) groups is 1. The Balaban J connectivity index is 0. The molecule has 13 nitrogen and oxygen atoms in total. The Kier molecular flexibility index (Phi) is 23.3. The van der Waals surface area contributed by atoms with Crippen molar-refractivity contribution in [3.8, 4) is 0 Å². The van der Waals surface area contributed by atoms with Crippen molar-refractivity contribution in [2.45, 2.75) is 91.2 Å². The Labute approximate surface area is 254 Å². The summed E-state index contributed by atoms with van der Waals surface area (Å²) in [6.07, 6.45) is -1.65. The summed E-state index contributed by atoms with van der Waals surface area (Å²) in [7, 11) is 3.01. The number of carbonyl (C=O) groups is 7. The van der Waals surface area contributed by atoms with Crippen molar-refractivity contribution in [3.05, 3.63) is 0 Å². The zero-order chi connectivity index (χ0) is 32.8. The first-order chi connectivity index (χ1) is 19.9. The fraction of sp³-hybridized carbons (Fsp3) is 0.750. The van der Waals surface area contributed by atoms with Crippen LogP contribution in [0, 0.1) is 0 Å². The van der Waals surface area contributed by atoms with Gasteiger partial charge in [-0.05, 0) is 20.8 Å². The fourth-order valence-electron chi connectivity index (χ4n) is 3.18. The molecular weight excluding hydrogens is 568 g/mol. The normalized spacial score (nSPS) is 15.5. The number of imide groups is 1. The molecule has 1 fully saturated rings. The third-order valence-corrected chi connectivity index (χ3v) is 7.02. The van der Waals surface area contributed by atoms with Gasteiger partial charge in [0.1, 0.15) is 24.3 Å². The Hall–Kier alpha value is -2.84. The van der Waals surface area contributed by atoms with Gasteiger partial charge >= 0.3 is 0 Å². The molecule has 0 aromatic rings. The molecule has 1 saturated heterocycles. The molecule has 0 bridgehead atoms. The fourth-order valence-corrected chi connectivity index (χ4v) is 4.12. The predicted molar refractivity (Wildman–Crippen MR) is 161 cm³/mol. The van der Waals surface area contributed by atoms with E-state index in [0.29, 0.717) is 6.29 Å². The maximum Gasteiger partial charge on any atom is 0.258 e. The van der Waals surface area contributed by atoms with E-state index in [-0.39, 0.29) is 75.0 Å². The summed E-state index contributed by atoms with van der Waals surface area (Å²) in [4.78, 5) is 85.6. The number of hydrogen-bond donors (Lipinski definition) is 2. The van der Waals surface area contributed by atoms with Crippen molar-refractivity contribution in [1.82, 2.24) is 20.4 Å². The van der Waals surface area contributed by atoms with Crippen molar-refractivity contribution < 1.29 is 43.0 Å². The molecule has 1 aliphatic rings. The van der Waals surface area contributed by atoms with Crippen LogP contribution in [-0.4, -0.2) is 121 Å². The van der Waals surface area contributed by atoms with Gasteiger partial charge in [0.25, 0.3) is 5.91 Å². The maximum absolute atomic E-state index is 12.6. The van der Waals surface area contributed by atoms with Crippen molar-refractivity contribution >= 4 is 53.4 Å². The van der Waals surface area contributed by atoms with Crippen LogP contribution in [0.25, 0.3) is 0 Å². The first-order valence-electron chi connectivity index (χ1n) is 14.3. The van der Waals surface area contributed by atoms with E-state index >= 15 is 0 Å². The van der Waals surface area contributed by atoms with Crippen LogP contribution < -0.4 is 10.6 Å². The highest BCUT2D eigenvalue weighted by Crippen LogP contribution is 2.16. The van der Waals surface area contributed by atoms with E-state index in [4.69, 9.17) is 9.47 Å². The van der Waals surface area contributed by atoms with E-state index in [9.17, 15) is 33.6 Å². The van der Waals surface area contributed by atoms with E-state index in [1.807, 2.05) is 41.5 Å².